The van der Waals surface area contributed by atoms with Gasteiger partial charge in [0.2, 0.25) is 11.0 Å². The lowest BCUT2D eigenvalue weighted by atomic mass is 10.2. The number of hydrogen-bond donors (Lipinski definition) is 2. The van der Waals surface area contributed by atoms with Crippen molar-refractivity contribution in [2.75, 3.05) is 20.3 Å². The van der Waals surface area contributed by atoms with Crippen LogP contribution in [0, 0.1) is 5.92 Å². The molecule has 7 heteroatoms. The lowest BCUT2D eigenvalue weighted by Crippen LogP contribution is -2.23. The molecule has 0 aliphatic rings. The Bertz CT molecular complexity index is 709. The van der Waals surface area contributed by atoms with Gasteiger partial charge in [-0.2, -0.15) is 0 Å². The van der Waals surface area contributed by atoms with Crippen molar-refractivity contribution < 1.29 is 9.84 Å². The van der Waals surface area contributed by atoms with Gasteiger partial charge in [0.25, 0.3) is 0 Å². The van der Waals surface area contributed by atoms with Crippen molar-refractivity contribution in [1.29, 1.82) is 0 Å². The molecule has 0 fully saturated rings. The molecule has 2 N–H and O–H groups in total. The molecule has 0 aliphatic heterocycles. The van der Waals surface area contributed by atoms with Gasteiger partial charge >= 0.3 is 0 Å². The molecular formula is C16H22N4O2S. The van der Waals surface area contributed by atoms with Crippen LogP contribution in [-0.4, -0.2) is 35.0 Å². The molecule has 124 valence electrons. The minimum Gasteiger partial charge on any atom is -0.493 e. The number of para-hydroxylation sites is 1. The van der Waals surface area contributed by atoms with Crippen molar-refractivity contribution in [2.24, 2.45) is 16.1 Å². The highest BCUT2D eigenvalue weighted by atomic mass is 32.1. The molecule has 0 spiro atoms. The summed E-state index contributed by atoms with van der Waals surface area (Å²) in [5.74, 6) is 0.515. The monoisotopic (exact) mass is 334 g/mol. The zero-order valence-electron chi connectivity index (χ0n) is 13.6. The fourth-order valence-electron chi connectivity index (χ4n) is 2.31. The van der Waals surface area contributed by atoms with Gasteiger partial charge in [0.15, 0.2) is 5.69 Å². The molecule has 6 nitrogen and oxygen atoms in total. The summed E-state index contributed by atoms with van der Waals surface area (Å²) in [5.41, 5.74) is 1.38. The third-order valence-electron chi connectivity index (χ3n) is 3.29. The average molecular weight is 334 g/mol. The van der Waals surface area contributed by atoms with Crippen LogP contribution >= 0.6 is 12.2 Å². The zero-order chi connectivity index (χ0) is 16.8. The first-order valence-electron chi connectivity index (χ1n) is 7.53. The van der Waals surface area contributed by atoms with Crippen LogP contribution in [0.2, 0.25) is 0 Å². The smallest absolute Gasteiger partial charge is 0.220 e. The molecule has 1 aromatic carbocycles. The molecule has 23 heavy (non-hydrogen) atoms. The molecule has 2 rings (SSSR count). The Labute approximate surface area is 141 Å². The van der Waals surface area contributed by atoms with Crippen molar-refractivity contribution >= 4 is 33.9 Å². The number of rotatable bonds is 6. The van der Waals surface area contributed by atoms with E-state index in [0.717, 1.165) is 10.9 Å². The Morgan fingerprint density at radius 3 is 2.83 bits per heavy atom. The number of nitrogens with zero attached hydrogens (tertiary/aromatic N) is 3. The highest BCUT2D eigenvalue weighted by Gasteiger charge is 2.16. The molecule has 1 aromatic heterocycles. The van der Waals surface area contributed by atoms with Crippen LogP contribution in [0.5, 0.6) is 5.88 Å². The Hall–Kier alpha value is -1.99. The Kier molecular flexibility index (Phi) is 6.06. The van der Waals surface area contributed by atoms with Gasteiger partial charge in [0.1, 0.15) is 0 Å². The number of aromatic nitrogens is 1. The molecule has 0 saturated heterocycles. The third kappa shape index (κ3) is 4.27. The number of fused-ring (bicyclic) bond motifs is 1. The quantitative estimate of drug-likeness (QED) is 0.481. The minimum atomic E-state index is 0.114. The Balaban J connectivity index is 2.30. The fourth-order valence-corrected chi connectivity index (χ4v) is 2.45. The highest BCUT2D eigenvalue weighted by molar-refractivity contribution is 7.80. The van der Waals surface area contributed by atoms with E-state index in [1.165, 1.54) is 0 Å². The molecule has 1 heterocycles. The summed E-state index contributed by atoms with van der Waals surface area (Å²) in [5, 5.41) is 22.7. The summed E-state index contributed by atoms with van der Waals surface area (Å²) in [4.78, 5) is 0. The highest BCUT2D eigenvalue weighted by Crippen LogP contribution is 2.39. The first-order chi connectivity index (χ1) is 11.0. The molecule has 0 amide bonds. The third-order valence-corrected chi connectivity index (χ3v) is 3.51. The number of nitrogens with one attached hydrogen (secondary N) is 1. The summed E-state index contributed by atoms with van der Waals surface area (Å²) >= 11 is 5.09. The van der Waals surface area contributed by atoms with Gasteiger partial charge < -0.3 is 19.7 Å². The van der Waals surface area contributed by atoms with Crippen molar-refractivity contribution in [3.63, 3.8) is 0 Å². The van der Waals surface area contributed by atoms with Crippen LogP contribution in [0.15, 0.2) is 34.5 Å². The number of methoxy groups -OCH3 is 1. The molecule has 0 bridgehead atoms. The number of thiocarbonyl (C=S) groups is 1. The van der Waals surface area contributed by atoms with Crippen molar-refractivity contribution in [2.45, 2.75) is 20.4 Å². The second-order valence-electron chi connectivity index (χ2n) is 5.62. The summed E-state index contributed by atoms with van der Waals surface area (Å²) < 4.78 is 6.79. The van der Waals surface area contributed by atoms with Gasteiger partial charge in [-0.15, -0.1) is 10.2 Å². The number of aromatic hydroxyl groups is 1. The van der Waals surface area contributed by atoms with Crippen LogP contribution < -0.4 is 5.32 Å². The topological polar surface area (TPSA) is 71.1 Å². The lowest BCUT2D eigenvalue weighted by Gasteiger charge is -2.09. The normalized spacial score (nSPS) is 11.7. The van der Waals surface area contributed by atoms with Crippen molar-refractivity contribution in [1.82, 2.24) is 9.88 Å². The molecular weight excluding hydrogens is 312 g/mol. The van der Waals surface area contributed by atoms with E-state index in [2.05, 4.69) is 29.4 Å². The van der Waals surface area contributed by atoms with Gasteiger partial charge in [0.05, 0.1) is 12.1 Å². The van der Waals surface area contributed by atoms with E-state index in [9.17, 15) is 5.11 Å². The van der Waals surface area contributed by atoms with Crippen LogP contribution in [-0.2, 0) is 11.3 Å². The lowest BCUT2D eigenvalue weighted by molar-refractivity contribution is 0.204. The largest absolute Gasteiger partial charge is 0.493 e. The Morgan fingerprint density at radius 2 is 2.13 bits per heavy atom. The molecule has 0 atom stereocenters. The van der Waals surface area contributed by atoms with E-state index in [1.807, 2.05) is 28.8 Å². The maximum atomic E-state index is 10.5. The number of hydrogen-bond acceptors (Lipinski definition) is 4. The maximum Gasteiger partial charge on any atom is 0.220 e. The molecule has 0 unspecified atom stereocenters. The van der Waals surface area contributed by atoms with Gasteiger partial charge in [-0.05, 0) is 24.2 Å². The summed E-state index contributed by atoms with van der Waals surface area (Å²) in [7, 11) is 1.62. The minimum absolute atomic E-state index is 0.114. The number of azo groups is 1. The van der Waals surface area contributed by atoms with Crippen LogP contribution in [0.25, 0.3) is 10.9 Å². The van der Waals surface area contributed by atoms with Gasteiger partial charge in [-0.25, -0.2) is 0 Å². The first-order valence-corrected chi connectivity index (χ1v) is 7.94. The fraction of sp³-hybridized carbons (Fsp3) is 0.438. The summed E-state index contributed by atoms with van der Waals surface area (Å²) in [6.45, 7) is 6.01. The molecule has 0 radical (unpaired) electrons. The van der Waals surface area contributed by atoms with E-state index >= 15 is 0 Å². The molecule has 0 saturated carbocycles. The first kappa shape index (κ1) is 17.4. The second-order valence-corrected chi connectivity index (χ2v) is 6.01. The van der Waals surface area contributed by atoms with E-state index in [0.29, 0.717) is 31.3 Å². The van der Waals surface area contributed by atoms with E-state index in [1.54, 1.807) is 7.11 Å². The molecule has 0 aliphatic carbocycles. The number of benzene rings is 1. The van der Waals surface area contributed by atoms with Crippen molar-refractivity contribution in [3.05, 3.63) is 24.3 Å². The van der Waals surface area contributed by atoms with Crippen LogP contribution in [0.3, 0.4) is 0 Å². The summed E-state index contributed by atoms with van der Waals surface area (Å²) in [6, 6.07) is 7.74. The molecule has 2 aromatic rings. The summed E-state index contributed by atoms with van der Waals surface area (Å²) in [6.07, 6.45) is 0. The average Bonchev–Trinajstić information content (AvgIpc) is 2.78. The van der Waals surface area contributed by atoms with E-state index in [-0.39, 0.29) is 11.0 Å². The second kappa shape index (κ2) is 8.03. The van der Waals surface area contributed by atoms with Gasteiger partial charge in [-0.1, -0.05) is 32.0 Å². The number of ether oxygens (including phenoxy) is 1. The maximum absolute atomic E-state index is 10.5. The van der Waals surface area contributed by atoms with E-state index in [4.69, 9.17) is 17.0 Å². The SMILES string of the molecule is COCCNC(=S)N=Nc1c(O)n(CC(C)C)c2ccccc12. The predicted molar refractivity (Wildman–Crippen MR) is 95.4 cm³/mol. The Morgan fingerprint density at radius 1 is 1.39 bits per heavy atom. The standard InChI is InChI=1S/C16H22N4O2S/c1-11(2)10-20-13-7-5-4-6-12(13)14(15(20)21)18-19-16(23)17-8-9-22-3/h4-7,11,21H,8-10H2,1-3H3,(H,17,23). The predicted octanol–water partition coefficient (Wildman–Crippen LogP) is 3.61. The van der Waals surface area contributed by atoms with E-state index < -0.39 is 0 Å². The van der Waals surface area contributed by atoms with Crippen molar-refractivity contribution in [3.8, 4) is 5.88 Å². The zero-order valence-corrected chi connectivity index (χ0v) is 14.4. The van der Waals surface area contributed by atoms with Gasteiger partial charge in [-0.3, -0.25) is 0 Å². The van der Waals surface area contributed by atoms with Crippen LogP contribution in [0.4, 0.5) is 5.69 Å². The van der Waals surface area contributed by atoms with Gasteiger partial charge in [0, 0.05) is 25.6 Å². The van der Waals surface area contributed by atoms with Crippen LogP contribution in [0.1, 0.15) is 13.8 Å².